The summed E-state index contributed by atoms with van der Waals surface area (Å²) in [6, 6.07) is 3.95. The molecule has 1 aromatic carbocycles. The molecular formula is C12H14BrClN2O3. The van der Waals surface area contributed by atoms with Crippen molar-refractivity contribution in [3.63, 3.8) is 0 Å². The van der Waals surface area contributed by atoms with E-state index in [2.05, 4.69) is 21.2 Å². The predicted molar refractivity (Wildman–Crippen MR) is 77.6 cm³/mol. The molecule has 7 heteroatoms. The number of hydrogen-bond donors (Lipinski definition) is 1. The lowest BCUT2D eigenvalue weighted by Crippen LogP contribution is -2.39. The minimum absolute atomic E-state index is 0.133. The van der Waals surface area contributed by atoms with Crippen LogP contribution in [0.2, 0.25) is 0 Å². The lowest BCUT2D eigenvalue weighted by atomic mass is 10.1. The van der Waals surface area contributed by atoms with Crippen LogP contribution in [0.4, 0.5) is 5.69 Å². The van der Waals surface area contributed by atoms with Crippen molar-refractivity contribution in [1.29, 1.82) is 0 Å². The van der Waals surface area contributed by atoms with Crippen LogP contribution < -0.4 is 5.32 Å². The lowest BCUT2D eigenvalue weighted by Gasteiger charge is -2.19. The maximum Gasteiger partial charge on any atom is 0.271 e. The van der Waals surface area contributed by atoms with E-state index in [1.54, 1.807) is 0 Å². The van der Waals surface area contributed by atoms with Gasteiger partial charge in [-0.15, -0.1) is 11.6 Å². The molecule has 19 heavy (non-hydrogen) atoms. The van der Waals surface area contributed by atoms with Crippen LogP contribution in [-0.2, 0) is 0 Å². The summed E-state index contributed by atoms with van der Waals surface area (Å²) in [5.74, 6) is 0.104. The fraction of sp³-hybridized carbons (Fsp3) is 0.417. The molecule has 1 unspecified atom stereocenters. The fourth-order valence-corrected chi connectivity index (χ4v) is 2.36. The highest BCUT2D eigenvalue weighted by Gasteiger charge is 2.18. The van der Waals surface area contributed by atoms with Gasteiger partial charge >= 0.3 is 0 Å². The van der Waals surface area contributed by atoms with E-state index in [0.29, 0.717) is 10.4 Å². The second kappa shape index (κ2) is 6.86. The largest absolute Gasteiger partial charge is 0.348 e. The van der Waals surface area contributed by atoms with E-state index in [1.165, 1.54) is 18.2 Å². The Morgan fingerprint density at radius 3 is 2.58 bits per heavy atom. The SMILES string of the molecule is CC(C)C(CCl)NC(=O)c1cc(Br)cc([N+](=O)[O-])c1. The van der Waals surface area contributed by atoms with E-state index in [1.807, 2.05) is 13.8 Å². The summed E-state index contributed by atoms with van der Waals surface area (Å²) in [4.78, 5) is 22.2. The number of halogens is 2. The van der Waals surface area contributed by atoms with Gasteiger partial charge in [-0.05, 0) is 12.0 Å². The predicted octanol–water partition coefficient (Wildman–Crippen LogP) is 3.35. The Hall–Kier alpha value is -1.14. The number of non-ortho nitro benzene ring substituents is 1. The Labute approximate surface area is 124 Å². The van der Waals surface area contributed by atoms with Crippen LogP contribution >= 0.6 is 27.5 Å². The van der Waals surface area contributed by atoms with Crippen molar-refractivity contribution in [2.24, 2.45) is 5.92 Å². The van der Waals surface area contributed by atoms with Crippen molar-refractivity contribution >= 4 is 39.1 Å². The molecule has 1 rings (SSSR count). The van der Waals surface area contributed by atoms with Crippen molar-refractivity contribution in [2.45, 2.75) is 19.9 Å². The number of nitro groups is 1. The van der Waals surface area contributed by atoms with Crippen molar-refractivity contribution < 1.29 is 9.72 Å². The Morgan fingerprint density at radius 1 is 1.47 bits per heavy atom. The number of hydrogen-bond acceptors (Lipinski definition) is 3. The molecule has 5 nitrogen and oxygen atoms in total. The minimum Gasteiger partial charge on any atom is -0.348 e. The third-order valence-corrected chi connectivity index (χ3v) is 3.43. The Balaban J connectivity index is 2.96. The van der Waals surface area contributed by atoms with Crippen molar-refractivity contribution in [1.82, 2.24) is 5.32 Å². The molecule has 1 atom stereocenters. The van der Waals surface area contributed by atoms with Gasteiger partial charge in [0, 0.05) is 34.1 Å². The van der Waals surface area contributed by atoms with E-state index in [0.717, 1.165) is 0 Å². The summed E-state index contributed by atoms with van der Waals surface area (Å²) in [6.07, 6.45) is 0. The molecule has 1 amide bonds. The zero-order valence-electron chi connectivity index (χ0n) is 10.5. The standard InChI is InChI=1S/C12H14BrClN2O3/c1-7(2)11(6-14)15-12(17)8-3-9(13)5-10(4-8)16(18)19/h3-5,7,11H,6H2,1-2H3,(H,15,17). The number of nitrogens with one attached hydrogen (secondary N) is 1. The van der Waals surface area contributed by atoms with Crippen molar-refractivity contribution in [3.05, 3.63) is 38.3 Å². The van der Waals surface area contributed by atoms with E-state index in [4.69, 9.17) is 11.6 Å². The second-order valence-electron chi connectivity index (χ2n) is 4.43. The van der Waals surface area contributed by atoms with Gasteiger partial charge in [-0.25, -0.2) is 0 Å². The van der Waals surface area contributed by atoms with Gasteiger partial charge < -0.3 is 5.32 Å². The van der Waals surface area contributed by atoms with Crippen LogP contribution in [0.25, 0.3) is 0 Å². The highest BCUT2D eigenvalue weighted by atomic mass is 79.9. The van der Waals surface area contributed by atoms with Gasteiger partial charge in [-0.2, -0.15) is 0 Å². The normalized spacial score (nSPS) is 12.3. The van der Waals surface area contributed by atoms with Crippen LogP contribution in [0.3, 0.4) is 0 Å². The van der Waals surface area contributed by atoms with E-state index >= 15 is 0 Å². The number of nitrogens with zero attached hydrogens (tertiary/aromatic N) is 1. The number of carbonyl (C=O) groups is 1. The molecule has 104 valence electrons. The Kier molecular flexibility index (Phi) is 5.75. The Morgan fingerprint density at radius 2 is 2.11 bits per heavy atom. The number of rotatable bonds is 5. The molecule has 0 fully saturated rings. The van der Waals surface area contributed by atoms with Crippen LogP contribution in [0, 0.1) is 16.0 Å². The van der Waals surface area contributed by atoms with Crippen LogP contribution in [-0.4, -0.2) is 22.8 Å². The van der Waals surface area contributed by atoms with Gasteiger partial charge in [0.1, 0.15) is 0 Å². The quantitative estimate of drug-likeness (QED) is 0.503. The summed E-state index contributed by atoms with van der Waals surface area (Å²) < 4.78 is 0.485. The molecule has 0 spiro atoms. The van der Waals surface area contributed by atoms with Crippen LogP contribution in [0.5, 0.6) is 0 Å². The maximum atomic E-state index is 12.0. The molecule has 0 aliphatic carbocycles. The number of amides is 1. The van der Waals surface area contributed by atoms with Gasteiger partial charge in [0.05, 0.1) is 4.92 Å². The van der Waals surface area contributed by atoms with E-state index in [-0.39, 0.29) is 29.1 Å². The molecule has 0 radical (unpaired) electrons. The monoisotopic (exact) mass is 348 g/mol. The molecule has 0 bridgehead atoms. The molecule has 1 aromatic rings. The molecule has 0 aliphatic heterocycles. The fourth-order valence-electron chi connectivity index (χ4n) is 1.45. The number of benzene rings is 1. The molecule has 0 heterocycles. The first-order valence-electron chi connectivity index (χ1n) is 5.67. The Bertz CT molecular complexity index is 494. The van der Waals surface area contributed by atoms with Gasteiger partial charge in [0.2, 0.25) is 0 Å². The van der Waals surface area contributed by atoms with Gasteiger partial charge in [0.15, 0.2) is 0 Å². The van der Waals surface area contributed by atoms with Gasteiger partial charge in [-0.3, -0.25) is 14.9 Å². The first-order valence-corrected chi connectivity index (χ1v) is 6.99. The summed E-state index contributed by atoms with van der Waals surface area (Å²) in [5.41, 5.74) is 0.100. The number of alkyl halides is 1. The molecule has 0 aromatic heterocycles. The zero-order valence-corrected chi connectivity index (χ0v) is 12.9. The average molecular weight is 350 g/mol. The summed E-state index contributed by atoms with van der Waals surface area (Å²) >= 11 is 8.93. The number of nitro benzene ring substituents is 1. The molecule has 0 saturated carbocycles. The number of carbonyl (C=O) groups excluding carboxylic acids is 1. The highest BCUT2D eigenvalue weighted by molar-refractivity contribution is 9.10. The average Bonchev–Trinajstić information content (AvgIpc) is 2.34. The maximum absolute atomic E-state index is 12.0. The molecule has 0 saturated heterocycles. The summed E-state index contributed by atoms with van der Waals surface area (Å²) in [6.45, 7) is 3.88. The molecular weight excluding hydrogens is 336 g/mol. The molecule has 1 N–H and O–H groups in total. The minimum atomic E-state index is -0.539. The van der Waals surface area contributed by atoms with Crippen LogP contribution in [0.1, 0.15) is 24.2 Å². The van der Waals surface area contributed by atoms with Crippen LogP contribution in [0.15, 0.2) is 22.7 Å². The summed E-state index contributed by atoms with van der Waals surface area (Å²) in [7, 11) is 0. The first-order chi connectivity index (χ1) is 8.85. The third kappa shape index (κ3) is 4.47. The first kappa shape index (κ1) is 15.9. The topological polar surface area (TPSA) is 72.2 Å². The smallest absolute Gasteiger partial charge is 0.271 e. The van der Waals surface area contributed by atoms with Gasteiger partial charge in [0.25, 0.3) is 11.6 Å². The van der Waals surface area contributed by atoms with Gasteiger partial charge in [-0.1, -0.05) is 29.8 Å². The van der Waals surface area contributed by atoms with Crippen molar-refractivity contribution in [3.8, 4) is 0 Å². The zero-order chi connectivity index (χ0) is 14.6. The highest BCUT2D eigenvalue weighted by Crippen LogP contribution is 2.21. The third-order valence-electron chi connectivity index (χ3n) is 2.64. The van der Waals surface area contributed by atoms with E-state index in [9.17, 15) is 14.9 Å². The molecule has 0 aliphatic rings. The second-order valence-corrected chi connectivity index (χ2v) is 5.66. The van der Waals surface area contributed by atoms with Crippen molar-refractivity contribution in [2.75, 3.05) is 5.88 Å². The van der Waals surface area contributed by atoms with E-state index < -0.39 is 4.92 Å². The lowest BCUT2D eigenvalue weighted by molar-refractivity contribution is -0.385. The summed E-state index contributed by atoms with van der Waals surface area (Å²) in [5, 5.41) is 13.5.